The van der Waals surface area contributed by atoms with Crippen LogP contribution in [0.5, 0.6) is 11.5 Å². The molecule has 202 valence electrons. The summed E-state index contributed by atoms with van der Waals surface area (Å²) in [5, 5.41) is 0. The van der Waals surface area contributed by atoms with E-state index < -0.39 is 0 Å². The van der Waals surface area contributed by atoms with E-state index in [4.69, 9.17) is 9.47 Å². The molecule has 0 N–H and O–H groups in total. The van der Waals surface area contributed by atoms with Gasteiger partial charge >= 0.3 is 5.97 Å². The molecule has 0 bridgehead atoms. The highest BCUT2D eigenvalue weighted by atomic mass is 16.5. The van der Waals surface area contributed by atoms with Gasteiger partial charge in [0, 0.05) is 0 Å². The standard InChI is InChI=1S/C35H44O3/c1-4-6-8-10-11-13-15-29-16-18-30(19-17-29)31-20-24-34(25-21-31)38-35(36)32-22-26-33(27-23-32)37-28(3)14-12-9-7-5-2/h13,15-28H,4-12,14H2,1-3H3/b15-13+/t28-/m0/s1. The zero-order valence-electron chi connectivity index (χ0n) is 23.5. The van der Waals surface area contributed by atoms with Crippen LogP contribution in [-0.4, -0.2) is 12.1 Å². The molecule has 3 aromatic carbocycles. The van der Waals surface area contributed by atoms with Crippen LogP contribution in [0.3, 0.4) is 0 Å². The molecular weight excluding hydrogens is 468 g/mol. The summed E-state index contributed by atoms with van der Waals surface area (Å²) in [4.78, 5) is 12.6. The summed E-state index contributed by atoms with van der Waals surface area (Å²) in [6, 6.07) is 23.4. The number of unbranched alkanes of at least 4 members (excludes halogenated alkanes) is 7. The fourth-order valence-corrected chi connectivity index (χ4v) is 4.40. The molecule has 3 aromatic rings. The summed E-state index contributed by atoms with van der Waals surface area (Å²) in [6.07, 6.45) is 16.9. The quantitative estimate of drug-likeness (QED) is 0.109. The van der Waals surface area contributed by atoms with Crippen LogP contribution in [0.25, 0.3) is 17.2 Å². The average Bonchev–Trinajstić information content (AvgIpc) is 2.94. The lowest BCUT2D eigenvalue weighted by molar-refractivity contribution is 0.0734. The second-order valence-electron chi connectivity index (χ2n) is 10.1. The van der Waals surface area contributed by atoms with Crippen LogP contribution in [-0.2, 0) is 0 Å². The van der Waals surface area contributed by atoms with E-state index in [1.807, 2.05) is 36.4 Å². The van der Waals surface area contributed by atoms with E-state index in [9.17, 15) is 4.79 Å². The van der Waals surface area contributed by atoms with Crippen molar-refractivity contribution in [3.05, 3.63) is 90.0 Å². The van der Waals surface area contributed by atoms with Crippen molar-refractivity contribution in [2.24, 2.45) is 0 Å². The van der Waals surface area contributed by atoms with E-state index in [1.165, 1.54) is 56.9 Å². The minimum atomic E-state index is -0.372. The summed E-state index contributed by atoms with van der Waals surface area (Å²) in [7, 11) is 0. The Balaban J connectivity index is 1.47. The Kier molecular flexibility index (Phi) is 12.7. The highest BCUT2D eigenvalue weighted by Crippen LogP contribution is 2.24. The van der Waals surface area contributed by atoms with Gasteiger partial charge in [-0.15, -0.1) is 0 Å². The van der Waals surface area contributed by atoms with Crippen LogP contribution in [0, 0.1) is 0 Å². The first-order valence-electron chi connectivity index (χ1n) is 14.4. The van der Waals surface area contributed by atoms with Crippen molar-refractivity contribution in [1.29, 1.82) is 0 Å². The van der Waals surface area contributed by atoms with E-state index in [0.29, 0.717) is 11.3 Å². The van der Waals surface area contributed by atoms with Crippen LogP contribution >= 0.6 is 0 Å². The largest absolute Gasteiger partial charge is 0.491 e. The van der Waals surface area contributed by atoms with Gasteiger partial charge in [0.05, 0.1) is 11.7 Å². The number of carbonyl (C=O) groups excluding carboxylic acids is 1. The monoisotopic (exact) mass is 512 g/mol. The Labute approximate surface area is 229 Å². The molecule has 3 rings (SSSR count). The van der Waals surface area contributed by atoms with E-state index in [0.717, 1.165) is 29.7 Å². The van der Waals surface area contributed by atoms with Crippen molar-refractivity contribution in [2.75, 3.05) is 0 Å². The number of hydrogen-bond donors (Lipinski definition) is 0. The summed E-state index contributed by atoms with van der Waals surface area (Å²) in [6.45, 7) is 6.56. The number of hydrogen-bond acceptors (Lipinski definition) is 3. The topological polar surface area (TPSA) is 35.5 Å². The van der Waals surface area contributed by atoms with Crippen LogP contribution in [0.15, 0.2) is 78.9 Å². The number of carbonyl (C=O) groups is 1. The molecular formula is C35H44O3. The Morgan fingerprint density at radius 1 is 0.711 bits per heavy atom. The van der Waals surface area contributed by atoms with Crippen LogP contribution in [0.1, 0.15) is 101 Å². The first kappa shape index (κ1) is 29.2. The van der Waals surface area contributed by atoms with Gasteiger partial charge in [-0.1, -0.05) is 101 Å². The Morgan fingerprint density at radius 2 is 1.29 bits per heavy atom. The number of benzene rings is 3. The maximum absolute atomic E-state index is 12.6. The Hall–Kier alpha value is -3.33. The van der Waals surface area contributed by atoms with Gasteiger partial charge in [-0.05, 0) is 85.7 Å². The van der Waals surface area contributed by atoms with Crippen molar-refractivity contribution in [2.45, 2.75) is 91.1 Å². The van der Waals surface area contributed by atoms with E-state index in [1.54, 1.807) is 12.1 Å². The molecule has 3 nitrogen and oxygen atoms in total. The molecule has 0 saturated carbocycles. The second-order valence-corrected chi connectivity index (χ2v) is 10.1. The first-order chi connectivity index (χ1) is 18.6. The van der Waals surface area contributed by atoms with Gasteiger partial charge < -0.3 is 9.47 Å². The number of esters is 1. The normalized spacial score (nSPS) is 12.0. The fraction of sp³-hybridized carbons (Fsp3) is 0.400. The summed E-state index contributed by atoms with van der Waals surface area (Å²) >= 11 is 0. The molecule has 1 atom stereocenters. The van der Waals surface area contributed by atoms with Crippen molar-refractivity contribution < 1.29 is 14.3 Å². The Morgan fingerprint density at radius 3 is 1.92 bits per heavy atom. The van der Waals surface area contributed by atoms with Crippen molar-refractivity contribution >= 4 is 12.0 Å². The van der Waals surface area contributed by atoms with Crippen LogP contribution in [0.4, 0.5) is 0 Å². The second kappa shape index (κ2) is 16.5. The molecule has 0 aliphatic rings. The van der Waals surface area contributed by atoms with E-state index >= 15 is 0 Å². The molecule has 0 aliphatic carbocycles. The molecule has 0 aromatic heterocycles. The van der Waals surface area contributed by atoms with Gasteiger partial charge in [-0.2, -0.15) is 0 Å². The molecule has 0 spiro atoms. The molecule has 0 radical (unpaired) electrons. The summed E-state index contributed by atoms with van der Waals surface area (Å²) < 4.78 is 11.6. The maximum atomic E-state index is 12.6. The van der Waals surface area contributed by atoms with Gasteiger partial charge in [0.1, 0.15) is 11.5 Å². The summed E-state index contributed by atoms with van der Waals surface area (Å²) in [5.41, 5.74) is 3.95. The first-order valence-corrected chi connectivity index (χ1v) is 14.4. The highest BCUT2D eigenvalue weighted by Gasteiger charge is 2.10. The van der Waals surface area contributed by atoms with Gasteiger partial charge in [0.25, 0.3) is 0 Å². The molecule has 0 amide bonds. The smallest absolute Gasteiger partial charge is 0.343 e. The SMILES string of the molecule is CCCCCC/C=C/c1ccc(-c2ccc(OC(=O)c3ccc(O[C@@H](C)CCCCCC)cc3)cc2)cc1. The molecule has 0 saturated heterocycles. The lowest BCUT2D eigenvalue weighted by atomic mass is 10.0. The molecule has 38 heavy (non-hydrogen) atoms. The van der Waals surface area contributed by atoms with Crippen molar-refractivity contribution in [3.8, 4) is 22.6 Å². The van der Waals surface area contributed by atoms with E-state index in [-0.39, 0.29) is 12.1 Å². The minimum Gasteiger partial charge on any atom is -0.491 e. The third kappa shape index (κ3) is 10.2. The highest BCUT2D eigenvalue weighted by molar-refractivity contribution is 5.91. The molecule has 3 heteroatoms. The number of allylic oxidation sites excluding steroid dienone is 1. The minimum absolute atomic E-state index is 0.163. The van der Waals surface area contributed by atoms with Crippen molar-refractivity contribution in [1.82, 2.24) is 0 Å². The zero-order chi connectivity index (χ0) is 27.0. The maximum Gasteiger partial charge on any atom is 0.343 e. The van der Waals surface area contributed by atoms with Gasteiger partial charge in [0.2, 0.25) is 0 Å². The lowest BCUT2D eigenvalue weighted by Crippen LogP contribution is -2.12. The van der Waals surface area contributed by atoms with Gasteiger partial charge in [-0.25, -0.2) is 4.79 Å². The lowest BCUT2D eigenvalue weighted by Gasteiger charge is -2.14. The number of ether oxygens (including phenoxy) is 2. The van der Waals surface area contributed by atoms with Gasteiger partial charge in [0.15, 0.2) is 0 Å². The third-order valence-corrected chi connectivity index (χ3v) is 6.74. The van der Waals surface area contributed by atoms with E-state index in [2.05, 4.69) is 57.2 Å². The zero-order valence-corrected chi connectivity index (χ0v) is 23.5. The Bertz CT molecular complexity index is 1100. The summed E-state index contributed by atoms with van der Waals surface area (Å²) in [5.74, 6) is 0.938. The van der Waals surface area contributed by atoms with Crippen molar-refractivity contribution in [3.63, 3.8) is 0 Å². The molecule has 0 heterocycles. The van der Waals surface area contributed by atoms with Gasteiger partial charge in [-0.3, -0.25) is 0 Å². The molecule has 0 unspecified atom stereocenters. The fourth-order valence-electron chi connectivity index (χ4n) is 4.40. The van der Waals surface area contributed by atoms with Crippen LogP contribution in [0.2, 0.25) is 0 Å². The number of rotatable bonds is 16. The predicted octanol–water partition coefficient (Wildman–Crippen LogP) is 10.3. The van der Waals surface area contributed by atoms with Crippen LogP contribution < -0.4 is 9.47 Å². The average molecular weight is 513 g/mol. The third-order valence-electron chi connectivity index (χ3n) is 6.74. The molecule has 0 aliphatic heterocycles. The molecule has 0 fully saturated rings. The predicted molar refractivity (Wildman–Crippen MR) is 160 cm³/mol.